The molecule has 2 N–H and O–H groups in total. The van der Waals surface area contributed by atoms with Crippen LogP contribution in [0.3, 0.4) is 0 Å². The summed E-state index contributed by atoms with van der Waals surface area (Å²) in [7, 11) is 0. The maximum Gasteiger partial charge on any atom is 0.330 e. The lowest BCUT2D eigenvalue weighted by Crippen LogP contribution is -2.24. The van der Waals surface area contributed by atoms with Crippen LogP contribution in [0.25, 0.3) is 0 Å². The Labute approximate surface area is 128 Å². The Bertz CT molecular complexity index is 416. The van der Waals surface area contributed by atoms with Crippen molar-refractivity contribution in [3.63, 3.8) is 0 Å². The molecule has 0 unspecified atom stereocenters. The maximum absolute atomic E-state index is 11.2. The second kappa shape index (κ2) is 8.21. The zero-order valence-electron chi connectivity index (χ0n) is 11.7. The molecule has 0 aromatic rings. The van der Waals surface area contributed by atoms with Crippen LogP contribution in [0.1, 0.15) is 26.7 Å². The monoisotopic (exact) mass is 322 g/mol. The van der Waals surface area contributed by atoms with E-state index in [0.29, 0.717) is 25.5 Å². The van der Waals surface area contributed by atoms with Crippen LogP contribution in [0.2, 0.25) is 0 Å². The zero-order valence-corrected chi connectivity index (χ0v) is 13.2. The first-order chi connectivity index (χ1) is 9.52. The van der Waals surface area contributed by atoms with Gasteiger partial charge in [-0.05, 0) is 13.3 Å². The standard InChI is InChI=1S/C12H20Cl2N4O2/c1-3-5-8-17(4-2)11(14)9(13)10(18(19)20)12-15-6-7-16-12/h15-16H,3-8H2,1-2H3/b11-9+. The van der Waals surface area contributed by atoms with Gasteiger partial charge in [-0.25, -0.2) is 0 Å². The Kier molecular flexibility index (Phi) is 6.95. The molecule has 0 aromatic carbocycles. The fourth-order valence-electron chi connectivity index (χ4n) is 1.87. The molecule has 1 saturated heterocycles. The Morgan fingerprint density at radius 3 is 2.40 bits per heavy atom. The van der Waals surface area contributed by atoms with Gasteiger partial charge in [0, 0.05) is 26.2 Å². The first kappa shape index (κ1) is 16.9. The van der Waals surface area contributed by atoms with Crippen LogP contribution in [-0.4, -0.2) is 36.0 Å². The van der Waals surface area contributed by atoms with E-state index in [-0.39, 0.29) is 15.9 Å². The number of allylic oxidation sites excluding steroid dienone is 1. The third kappa shape index (κ3) is 4.18. The molecular weight excluding hydrogens is 303 g/mol. The van der Waals surface area contributed by atoms with Gasteiger partial charge in [-0.3, -0.25) is 10.1 Å². The molecule has 0 spiro atoms. The number of hydrogen-bond acceptors (Lipinski definition) is 5. The van der Waals surface area contributed by atoms with Crippen molar-refractivity contribution in [2.45, 2.75) is 26.7 Å². The molecule has 1 aliphatic rings. The highest BCUT2D eigenvalue weighted by Gasteiger charge is 2.28. The molecule has 0 atom stereocenters. The smallest absolute Gasteiger partial charge is 0.330 e. The third-order valence-electron chi connectivity index (χ3n) is 2.98. The molecule has 114 valence electrons. The lowest BCUT2D eigenvalue weighted by molar-refractivity contribution is -0.421. The van der Waals surface area contributed by atoms with Gasteiger partial charge in [-0.1, -0.05) is 36.5 Å². The quantitative estimate of drug-likeness (QED) is 0.428. The fraction of sp³-hybridized carbons (Fsp3) is 0.667. The summed E-state index contributed by atoms with van der Waals surface area (Å²) >= 11 is 12.4. The molecule has 0 aliphatic carbocycles. The number of unbranched alkanes of at least 4 members (excludes halogenated alkanes) is 1. The van der Waals surface area contributed by atoms with E-state index in [0.717, 1.165) is 19.4 Å². The highest BCUT2D eigenvalue weighted by molar-refractivity contribution is 6.40. The van der Waals surface area contributed by atoms with Gasteiger partial charge < -0.3 is 15.5 Å². The summed E-state index contributed by atoms with van der Waals surface area (Å²) < 4.78 is 0. The normalized spacial score (nSPS) is 15.3. The summed E-state index contributed by atoms with van der Waals surface area (Å²) in [5.74, 6) is 0.324. The lowest BCUT2D eigenvalue weighted by Gasteiger charge is -2.22. The van der Waals surface area contributed by atoms with E-state index in [1.165, 1.54) is 0 Å². The Morgan fingerprint density at radius 1 is 1.35 bits per heavy atom. The van der Waals surface area contributed by atoms with Crippen LogP contribution in [0.15, 0.2) is 21.7 Å². The van der Waals surface area contributed by atoms with E-state index in [4.69, 9.17) is 23.2 Å². The van der Waals surface area contributed by atoms with Gasteiger partial charge in [0.15, 0.2) is 10.9 Å². The van der Waals surface area contributed by atoms with E-state index in [1.54, 1.807) is 0 Å². The Balaban J connectivity index is 3.08. The van der Waals surface area contributed by atoms with E-state index >= 15 is 0 Å². The van der Waals surface area contributed by atoms with Crippen molar-refractivity contribution in [1.29, 1.82) is 0 Å². The minimum atomic E-state index is -0.515. The largest absolute Gasteiger partial charge is 0.364 e. The van der Waals surface area contributed by atoms with Gasteiger partial charge in [0.1, 0.15) is 5.16 Å². The minimum Gasteiger partial charge on any atom is -0.364 e. The van der Waals surface area contributed by atoms with E-state index < -0.39 is 4.92 Å². The van der Waals surface area contributed by atoms with E-state index in [2.05, 4.69) is 17.6 Å². The zero-order chi connectivity index (χ0) is 15.1. The molecule has 0 radical (unpaired) electrons. The number of hydrogen-bond donors (Lipinski definition) is 2. The molecule has 8 heteroatoms. The minimum absolute atomic E-state index is 0.0356. The van der Waals surface area contributed by atoms with Crippen molar-refractivity contribution in [2.75, 3.05) is 26.2 Å². The highest BCUT2D eigenvalue weighted by Crippen LogP contribution is 2.27. The van der Waals surface area contributed by atoms with Crippen LogP contribution < -0.4 is 10.6 Å². The summed E-state index contributed by atoms with van der Waals surface area (Å²) in [5.41, 5.74) is -0.205. The molecule has 1 heterocycles. The van der Waals surface area contributed by atoms with E-state index in [9.17, 15) is 10.1 Å². The first-order valence-corrected chi connectivity index (χ1v) is 7.45. The van der Waals surface area contributed by atoms with E-state index in [1.807, 2.05) is 11.8 Å². The molecule has 1 fully saturated rings. The van der Waals surface area contributed by atoms with Crippen LogP contribution in [0, 0.1) is 10.1 Å². The van der Waals surface area contributed by atoms with Crippen molar-refractivity contribution in [3.8, 4) is 0 Å². The molecule has 0 saturated carbocycles. The van der Waals surface area contributed by atoms with Gasteiger partial charge in [0.2, 0.25) is 0 Å². The Hall–Kier alpha value is -1.14. The predicted octanol–water partition coefficient (Wildman–Crippen LogP) is 2.39. The summed E-state index contributed by atoms with van der Waals surface area (Å²) in [4.78, 5) is 12.6. The second-order valence-corrected chi connectivity index (χ2v) is 5.11. The van der Waals surface area contributed by atoms with Gasteiger partial charge >= 0.3 is 5.70 Å². The summed E-state index contributed by atoms with van der Waals surface area (Å²) in [6.07, 6.45) is 1.97. The Morgan fingerprint density at radius 2 is 1.95 bits per heavy atom. The molecular formula is C12H20Cl2N4O2. The third-order valence-corrected chi connectivity index (χ3v) is 3.86. The number of nitrogens with zero attached hydrogens (tertiary/aromatic N) is 2. The van der Waals surface area contributed by atoms with Crippen molar-refractivity contribution in [3.05, 3.63) is 31.8 Å². The number of nitro groups is 1. The number of halogens is 2. The van der Waals surface area contributed by atoms with Gasteiger partial charge in [0.25, 0.3) is 0 Å². The van der Waals surface area contributed by atoms with Crippen LogP contribution in [0.4, 0.5) is 0 Å². The highest BCUT2D eigenvalue weighted by atomic mass is 35.5. The summed E-state index contributed by atoms with van der Waals surface area (Å²) in [5, 5.41) is 17.2. The number of nitrogens with one attached hydrogen (secondary N) is 2. The van der Waals surface area contributed by atoms with Crippen molar-refractivity contribution in [2.24, 2.45) is 0 Å². The topological polar surface area (TPSA) is 70.4 Å². The van der Waals surface area contributed by atoms with Crippen molar-refractivity contribution < 1.29 is 4.92 Å². The van der Waals surface area contributed by atoms with Gasteiger partial charge in [-0.2, -0.15) is 0 Å². The molecule has 6 nitrogen and oxygen atoms in total. The molecule has 20 heavy (non-hydrogen) atoms. The van der Waals surface area contributed by atoms with Crippen LogP contribution in [0.5, 0.6) is 0 Å². The van der Waals surface area contributed by atoms with Crippen LogP contribution >= 0.6 is 23.2 Å². The van der Waals surface area contributed by atoms with Crippen molar-refractivity contribution in [1.82, 2.24) is 15.5 Å². The van der Waals surface area contributed by atoms with Gasteiger partial charge in [-0.15, -0.1) is 0 Å². The molecule has 0 amide bonds. The lowest BCUT2D eigenvalue weighted by atomic mass is 10.3. The average Bonchev–Trinajstić information content (AvgIpc) is 2.92. The summed E-state index contributed by atoms with van der Waals surface area (Å²) in [6.45, 7) is 6.64. The van der Waals surface area contributed by atoms with Crippen molar-refractivity contribution >= 4 is 23.2 Å². The number of rotatable bonds is 7. The molecule has 0 aromatic heterocycles. The second-order valence-electron chi connectivity index (χ2n) is 4.37. The average molecular weight is 323 g/mol. The summed E-state index contributed by atoms with van der Waals surface area (Å²) in [6, 6.07) is 0. The van der Waals surface area contributed by atoms with Gasteiger partial charge in [0.05, 0.1) is 4.92 Å². The molecule has 1 rings (SSSR count). The predicted molar refractivity (Wildman–Crippen MR) is 80.9 cm³/mol. The SMILES string of the molecule is CCCCN(CC)/C(Cl)=C(/Cl)C(=C1NCCN1)[N+](=O)[O-]. The maximum atomic E-state index is 11.2. The van der Waals surface area contributed by atoms with Crippen LogP contribution in [-0.2, 0) is 0 Å². The fourth-order valence-corrected chi connectivity index (χ4v) is 2.44. The molecule has 1 aliphatic heterocycles. The first-order valence-electron chi connectivity index (χ1n) is 6.69. The molecule has 0 bridgehead atoms.